The smallest absolute Gasteiger partial charge is 0.748 e. The molecule has 0 aliphatic carbocycles. The van der Waals surface area contributed by atoms with E-state index in [2.05, 4.69) is 39.8 Å². The van der Waals surface area contributed by atoms with E-state index < -0.39 is 10.1 Å². The predicted octanol–water partition coefficient (Wildman–Crippen LogP) is 9.06. The Labute approximate surface area is 308 Å². The van der Waals surface area contributed by atoms with Gasteiger partial charge in [-0.15, -0.1) is 0 Å². The van der Waals surface area contributed by atoms with Crippen LogP contribution in [-0.4, -0.2) is 30.4 Å². The van der Waals surface area contributed by atoms with Crippen LogP contribution in [0.1, 0.15) is 163 Å². The summed E-state index contributed by atoms with van der Waals surface area (Å²) < 4.78 is 36.9. The quantitative estimate of drug-likeness (QED) is 0.0860. The molecule has 264 valence electrons. The molecule has 0 amide bonds. The summed E-state index contributed by atoms with van der Waals surface area (Å²) in [6.45, 7) is 17.2. The third-order valence-electron chi connectivity index (χ3n) is 6.56. The van der Waals surface area contributed by atoms with Crippen molar-refractivity contribution in [3.63, 3.8) is 0 Å². The average molecular weight is 675 g/mol. The van der Waals surface area contributed by atoms with Crippen molar-refractivity contribution in [1.29, 1.82) is 0 Å². The zero-order valence-electron chi connectivity index (χ0n) is 31.5. The second-order valence-corrected chi connectivity index (χ2v) is 12.4. The Morgan fingerprint density at radius 1 is 0.587 bits per heavy atom. The van der Waals surface area contributed by atoms with Crippen molar-refractivity contribution in [2.45, 2.75) is 165 Å². The Hall–Kier alpha value is -1.05. The van der Waals surface area contributed by atoms with Gasteiger partial charge in [0, 0.05) is 5.75 Å². The largest absolute Gasteiger partial charge is 1.00 e. The summed E-state index contributed by atoms with van der Waals surface area (Å²) in [7, 11) is -4.10. The van der Waals surface area contributed by atoms with Gasteiger partial charge in [-0.3, -0.25) is 0 Å². The summed E-state index contributed by atoms with van der Waals surface area (Å²) in [5.41, 5.74) is 2.66. The molecule has 0 atom stereocenters. The topological polar surface area (TPSA) is 86.7 Å². The van der Waals surface area contributed by atoms with E-state index in [9.17, 15) is 13.0 Å². The van der Waals surface area contributed by atoms with Crippen LogP contribution in [0.25, 0.3) is 0 Å². The molecule has 0 saturated carbocycles. The number of ether oxygens (including phenoxy) is 1. The minimum absolute atomic E-state index is 0. The van der Waals surface area contributed by atoms with Crippen LogP contribution in [-0.2, 0) is 23.0 Å². The van der Waals surface area contributed by atoms with Crippen LogP contribution in [0, 0.1) is 0 Å². The van der Waals surface area contributed by atoms with Crippen molar-refractivity contribution >= 4 is 10.1 Å². The Morgan fingerprint density at radius 3 is 1.35 bits per heavy atom. The first-order valence-corrected chi connectivity index (χ1v) is 19.8. The summed E-state index contributed by atoms with van der Waals surface area (Å²) in [5.74, 6) is 0.844. The summed E-state index contributed by atoms with van der Waals surface area (Å²) in [6.07, 6.45) is 20.3. The molecule has 0 heterocycles. The zero-order chi connectivity index (χ0) is 34.6. The Kier molecular flexibility index (Phi) is 45.2. The van der Waals surface area contributed by atoms with E-state index in [0.717, 1.165) is 18.6 Å². The van der Waals surface area contributed by atoms with Crippen molar-refractivity contribution in [2.75, 3.05) is 12.4 Å². The van der Waals surface area contributed by atoms with Gasteiger partial charge in [-0.25, -0.2) is 8.42 Å². The molecule has 0 aliphatic rings. The van der Waals surface area contributed by atoms with Crippen LogP contribution in [0.2, 0.25) is 0 Å². The number of aryl methyl sites for hydroxylation is 2. The van der Waals surface area contributed by atoms with Crippen LogP contribution >= 0.6 is 0 Å². The Bertz CT molecular complexity index is 932. The van der Waals surface area contributed by atoms with Crippen LogP contribution in [0.15, 0.2) is 48.5 Å². The molecule has 2 aromatic rings. The van der Waals surface area contributed by atoms with Gasteiger partial charge < -0.3 is 14.4 Å². The summed E-state index contributed by atoms with van der Waals surface area (Å²) >= 11 is 0. The van der Waals surface area contributed by atoms with E-state index in [1.807, 2.05) is 52.0 Å². The van der Waals surface area contributed by atoms with Gasteiger partial charge in [-0.05, 0) is 73.9 Å². The van der Waals surface area contributed by atoms with Gasteiger partial charge in [-0.2, -0.15) is 0 Å². The second kappa shape index (κ2) is 40.1. The zero-order valence-corrected chi connectivity index (χ0v) is 34.4. The molecule has 7 heteroatoms. The maximum Gasteiger partial charge on any atom is 1.00 e. The Morgan fingerprint density at radius 2 is 0.957 bits per heavy atom. The van der Waals surface area contributed by atoms with E-state index in [1.165, 1.54) is 94.6 Å². The van der Waals surface area contributed by atoms with Crippen LogP contribution in [0.3, 0.4) is 0 Å². The molecular formula is C39H71NaO5S. The second-order valence-electron chi connectivity index (χ2n) is 10.9. The molecule has 46 heavy (non-hydrogen) atoms. The number of hydrogen-bond donors (Lipinski definition) is 1. The number of rotatable bonds is 20. The molecular weight excluding hydrogens is 603 g/mol. The molecule has 0 bridgehead atoms. The molecule has 0 radical (unpaired) electrons. The van der Waals surface area contributed by atoms with Gasteiger partial charge in [-0.1, -0.05) is 150 Å². The third-order valence-corrected chi connectivity index (χ3v) is 7.34. The number of phenols is 1. The summed E-state index contributed by atoms with van der Waals surface area (Å²) in [5, 5.41) is 9.13. The fourth-order valence-electron chi connectivity index (χ4n) is 4.20. The molecule has 5 nitrogen and oxygen atoms in total. The normalized spacial score (nSPS) is 9.85. The van der Waals surface area contributed by atoms with Gasteiger partial charge in [0.1, 0.15) is 11.5 Å². The minimum atomic E-state index is -4.10. The number of benzene rings is 2. The number of unbranched alkanes of at least 4 members (excludes halogenated alkanes) is 11. The predicted molar refractivity (Wildman–Crippen MR) is 197 cm³/mol. The molecule has 1 N–H and O–H groups in total. The molecule has 0 fully saturated rings. The van der Waals surface area contributed by atoms with Gasteiger partial charge in [0.05, 0.1) is 16.7 Å². The van der Waals surface area contributed by atoms with Crippen molar-refractivity contribution < 1.29 is 52.4 Å². The van der Waals surface area contributed by atoms with Gasteiger partial charge in [0.25, 0.3) is 0 Å². The fourth-order valence-corrected chi connectivity index (χ4v) is 4.76. The number of phenolic OH excluding ortho intramolecular Hbond substituents is 1. The first-order chi connectivity index (χ1) is 21.8. The average Bonchev–Trinajstić information content (AvgIpc) is 3.04. The molecule has 0 aliphatic heterocycles. The van der Waals surface area contributed by atoms with Crippen LogP contribution in [0.5, 0.6) is 11.5 Å². The van der Waals surface area contributed by atoms with Gasteiger partial charge in [0.15, 0.2) is 0 Å². The molecule has 0 saturated heterocycles. The van der Waals surface area contributed by atoms with E-state index in [0.29, 0.717) is 25.2 Å². The SMILES string of the molecule is CC.CC.CCC.CCCCCCCCc1ccc(O)cc1.CCCCCCCCc1ccc(OCCCCS(=O)(=O)[O-])cc1.[Na+]. The standard InChI is InChI=1S/C18H30O4S.C14H22O.C3H8.2C2H6.Na/c1-2-3-4-5-6-7-10-17-11-13-18(14-12-17)22-15-8-9-16-23(19,20)21;1-2-3-4-5-6-7-8-13-9-11-14(15)12-10-13;1-3-2;2*1-2;/h11-14H,2-10,15-16H2,1H3,(H,19,20,21);9-12,15H,2-8H2,1H3;3H2,1-2H3;2*1-2H3;/q;;;;;+1/p-1. The molecule has 0 unspecified atom stereocenters. The van der Waals surface area contributed by atoms with E-state index in [1.54, 1.807) is 12.1 Å². The maximum atomic E-state index is 10.5. The van der Waals surface area contributed by atoms with Gasteiger partial charge >= 0.3 is 29.6 Å². The van der Waals surface area contributed by atoms with E-state index in [4.69, 9.17) is 9.84 Å². The molecule has 0 spiro atoms. The third kappa shape index (κ3) is 39.1. The molecule has 2 rings (SSSR count). The van der Waals surface area contributed by atoms with Gasteiger partial charge in [0.2, 0.25) is 0 Å². The van der Waals surface area contributed by atoms with Crippen LogP contribution in [0.4, 0.5) is 0 Å². The van der Waals surface area contributed by atoms with Crippen molar-refractivity contribution in [2.24, 2.45) is 0 Å². The van der Waals surface area contributed by atoms with E-state index in [-0.39, 0.29) is 35.3 Å². The monoisotopic (exact) mass is 674 g/mol. The number of aromatic hydroxyl groups is 1. The number of hydrogen-bond acceptors (Lipinski definition) is 5. The van der Waals surface area contributed by atoms with Crippen LogP contribution < -0.4 is 34.3 Å². The first-order valence-electron chi connectivity index (χ1n) is 18.2. The van der Waals surface area contributed by atoms with Crippen molar-refractivity contribution in [1.82, 2.24) is 0 Å². The first kappa shape index (κ1) is 51.8. The fraction of sp³-hybridized carbons (Fsp3) is 0.692. The maximum absolute atomic E-state index is 10.5. The summed E-state index contributed by atoms with van der Waals surface area (Å²) in [6, 6.07) is 15.7. The van der Waals surface area contributed by atoms with E-state index >= 15 is 0 Å². The van der Waals surface area contributed by atoms with Crippen molar-refractivity contribution in [3.8, 4) is 11.5 Å². The Balaban J connectivity index is -0.000000331. The van der Waals surface area contributed by atoms with Crippen molar-refractivity contribution in [3.05, 3.63) is 59.7 Å². The minimum Gasteiger partial charge on any atom is -0.748 e. The summed E-state index contributed by atoms with van der Waals surface area (Å²) in [4.78, 5) is 0. The molecule has 0 aromatic heterocycles. The molecule has 2 aromatic carbocycles.